The summed E-state index contributed by atoms with van der Waals surface area (Å²) in [5, 5.41) is 3.40. The summed E-state index contributed by atoms with van der Waals surface area (Å²) in [6.45, 7) is 4.66. The topological polar surface area (TPSA) is 12.0 Å². The summed E-state index contributed by atoms with van der Waals surface area (Å²) in [5.74, 6) is -0.155. The second-order valence-corrected chi connectivity index (χ2v) is 5.47. The lowest BCUT2D eigenvalue weighted by Gasteiger charge is -2.19. The molecule has 0 heterocycles. The number of aryl methyl sites for hydroxylation is 1. The molecule has 1 N–H and O–H groups in total. The Kier molecular flexibility index (Phi) is 4.72. The Morgan fingerprint density at radius 3 is 2.32 bits per heavy atom. The van der Waals surface area contributed by atoms with Gasteiger partial charge in [0, 0.05) is 4.47 Å². The van der Waals surface area contributed by atoms with Crippen molar-refractivity contribution in [2.45, 2.75) is 19.9 Å². The van der Waals surface area contributed by atoms with Gasteiger partial charge in [0.1, 0.15) is 5.82 Å². The minimum Gasteiger partial charge on any atom is -0.307 e. The van der Waals surface area contributed by atoms with Crippen LogP contribution in [0.2, 0.25) is 0 Å². The summed E-state index contributed by atoms with van der Waals surface area (Å²) in [5.41, 5.74) is 2.76. The highest BCUT2D eigenvalue weighted by Crippen LogP contribution is 2.25. The van der Waals surface area contributed by atoms with Crippen LogP contribution in [-0.2, 0) is 0 Å². The van der Waals surface area contributed by atoms with Crippen molar-refractivity contribution in [2.24, 2.45) is 0 Å². The molecule has 0 radical (unpaired) electrons. The van der Waals surface area contributed by atoms with Gasteiger partial charge >= 0.3 is 0 Å². The monoisotopic (exact) mass is 321 g/mol. The van der Waals surface area contributed by atoms with Gasteiger partial charge in [-0.3, -0.25) is 0 Å². The fourth-order valence-corrected chi connectivity index (χ4v) is 2.34. The normalized spacial score (nSPS) is 12.4. The van der Waals surface area contributed by atoms with Gasteiger partial charge in [-0.2, -0.15) is 0 Å². The van der Waals surface area contributed by atoms with Crippen LogP contribution in [0.1, 0.15) is 29.7 Å². The Hall–Kier alpha value is -1.19. The van der Waals surface area contributed by atoms with E-state index in [1.54, 1.807) is 13.0 Å². The molecule has 0 aliphatic carbocycles. The molecular weight excluding hydrogens is 305 g/mol. The Bertz CT molecular complexity index is 551. The second kappa shape index (κ2) is 6.31. The molecule has 2 aromatic carbocycles. The third-order valence-corrected chi connectivity index (χ3v) is 3.67. The van der Waals surface area contributed by atoms with Gasteiger partial charge in [-0.1, -0.05) is 47.1 Å². The van der Waals surface area contributed by atoms with Crippen LogP contribution < -0.4 is 5.32 Å². The lowest BCUT2D eigenvalue weighted by atomic mass is 9.97. The van der Waals surface area contributed by atoms with E-state index in [2.05, 4.69) is 40.3 Å². The molecule has 100 valence electrons. The summed E-state index contributed by atoms with van der Waals surface area (Å²) in [4.78, 5) is 0. The van der Waals surface area contributed by atoms with Gasteiger partial charge in [-0.05, 0) is 48.4 Å². The minimum atomic E-state index is -0.155. The van der Waals surface area contributed by atoms with Crippen LogP contribution in [0.5, 0.6) is 0 Å². The highest BCUT2D eigenvalue weighted by atomic mass is 79.9. The first-order valence-corrected chi connectivity index (χ1v) is 7.16. The molecule has 2 aromatic rings. The van der Waals surface area contributed by atoms with Crippen LogP contribution in [0.3, 0.4) is 0 Å². The van der Waals surface area contributed by atoms with E-state index in [9.17, 15) is 4.39 Å². The zero-order chi connectivity index (χ0) is 13.8. The highest BCUT2D eigenvalue weighted by molar-refractivity contribution is 9.10. The van der Waals surface area contributed by atoms with Gasteiger partial charge in [0.2, 0.25) is 0 Å². The first kappa shape index (κ1) is 14.2. The van der Waals surface area contributed by atoms with Crippen molar-refractivity contribution in [3.05, 3.63) is 69.4 Å². The molecule has 0 bridgehead atoms. The standard InChI is InChI=1S/C16H17BrFN/c1-3-19-16(12-6-8-14(17)9-7-12)13-5-4-11(2)15(18)10-13/h4-10,16,19H,3H2,1-2H3. The van der Waals surface area contributed by atoms with E-state index in [0.717, 1.165) is 22.1 Å². The molecule has 1 atom stereocenters. The third kappa shape index (κ3) is 3.43. The maximum Gasteiger partial charge on any atom is 0.126 e. The van der Waals surface area contributed by atoms with Crippen LogP contribution in [0.4, 0.5) is 4.39 Å². The Morgan fingerprint density at radius 1 is 1.11 bits per heavy atom. The van der Waals surface area contributed by atoms with Gasteiger partial charge in [0.25, 0.3) is 0 Å². The van der Waals surface area contributed by atoms with Gasteiger partial charge in [-0.15, -0.1) is 0 Å². The van der Waals surface area contributed by atoms with Crippen LogP contribution in [-0.4, -0.2) is 6.54 Å². The maximum atomic E-state index is 13.7. The van der Waals surface area contributed by atoms with Crippen molar-refractivity contribution in [1.82, 2.24) is 5.32 Å². The van der Waals surface area contributed by atoms with E-state index in [1.165, 1.54) is 0 Å². The molecule has 3 heteroatoms. The molecule has 0 aliphatic rings. The van der Waals surface area contributed by atoms with E-state index in [4.69, 9.17) is 0 Å². The van der Waals surface area contributed by atoms with Gasteiger partial charge in [0.15, 0.2) is 0 Å². The van der Waals surface area contributed by atoms with Crippen LogP contribution in [0.25, 0.3) is 0 Å². The van der Waals surface area contributed by atoms with Gasteiger partial charge in [-0.25, -0.2) is 4.39 Å². The maximum absolute atomic E-state index is 13.7. The summed E-state index contributed by atoms with van der Waals surface area (Å²) in [6.07, 6.45) is 0. The molecule has 19 heavy (non-hydrogen) atoms. The average molecular weight is 322 g/mol. The third-order valence-electron chi connectivity index (χ3n) is 3.14. The summed E-state index contributed by atoms with van der Waals surface area (Å²) < 4.78 is 14.8. The molecule has 0 amide bonds. The van der Waals surface area contributed by atoms with Crippen LogP contribution in [0, 0.1) is 12.7 Å². The molecular formula is C16H17BrFN. The molecule has 0 spiro atoms. The number of benzene rings is 2. The zero-order valence-corrected chi connectivity index (χ0v) is 12.7. The van der Waals surface area contributed by atoms with E-state index < -0.39 is 0 Å². The van der Waals surface area contributed by atoms with E-state index >= 15 is 0 Å². The lowest BCUT2D eigenvalue weighted by molar-refractivity contribution is 0.597. The molecule has 2 rings (SSSR count). The quantitative estimate of drug-likeness (QED) is 0.868. The number of hydrogen-bond acceptors (Lipinski definition) is 1. The fraction of sp³-hybridized carbons (Fsp3) is 0.250. The van der Waals surface area contributed by atoms with Crippen molar-refractivity contribution >= 4 is 15.9 Å². The molecule has 1 nitrogen and oxygen atoms in total. The molecule has 0 saturated carbocycles. The molecule has 1 unspecified atom stereocenters. The smallest absolute Gasteiger partial charge is 0.126 e. The molecule has 0 aromatic heterocycles. The van der Waals surface area contributed by atoms with Crippen molar-refractivity contribution in [3.63, 3.8) is 0 Å². The first-order valence-electron chi connectivity index (χ1n) is 6.36. The predicted molar refractivity (Wildman–Crippen MR) is 80.8 cm³/mol. The number of halogens is 2. The summed E-state index contributed by atoms with van der Waals surface area (Å²) >= 11 is 3.43. The molecule has 0 saturated heterocycles. The van der Waals surface area contributed by atoms with Crippen LogP contribution in [0.15, 0.2) is 46.9 Å². The zero-order valence-electron chi connectivity index (χ0n) is 11.1. The summed E-state index contributed by atoms with van der Waals surface area (Å²) in [7, 11) is 0. The van der Waals surface area contributed by atoms with Crippen molar-refractivity contribution in [2.75, 3.05) is 6.54 Å². The average Bonchev–Trinajstić information content (AvgIpc) is 2.41. The van der Waals surface area contributed by atoms with Crippen molar-refractivity contribution < 1.29 is 4.39 Å². The Balaban J connectivity index is 2.38. The highest BCUT2D eigenvalue weighted by Gasteiger charge is 2.14. The lowest BCUT2D eigenvalue weighted by Crippen LogP contribution is -2.22. The Labute approximate surface area is 122 Å². The number of hydrogen-bond donors (Lipinski definition) is 1. The minimum absolute atomic E-state index is 0.0215. The van der Waals surface area contributed by atoms with E-state index in [0.29, 0.717) is 5.56 Å². The predicted octanol–water partition coefficient (Wildman–Crippen LogP) is 4.60. The second-order valence-electron chi connectivity index (χ2n) is 4.55. The Morgan fingerprint density at radius 2 is 1.74 bits per heavy atom. The van der Waals surface area contributed by atoms with E-state index in [-0.39, 0.29) is 11.9 Å². The van der Waals surface area contributed by atoms with Gasteiger partial charge < -0.3 is 5.32 Å². The molecule has 0 fully saturated rings. The van der Waals surface area contributed by atoms with Crippen molar-refractivity contribution in [1.29, 1.82) is 0 Å². The SMILES string of the molecule is CCNC(c1ccc(Br)cc1)c1ccc(C)c(F)c1. The van der Waals surface area contributed by atoms with Crippen molar-refractivity contribution in [3.8, 4) is 0 Å². The van der Waals surface area contributed by atoms with Crippen LogP contribution >= 0.6 is 15.9 Å². The summed E-state index contributed by atoms with van der Waals surface area (Å²) in [6, 6.07) is 13.6. The number of nitrogens with one attached hydrogen (secondary N) is 1. The fourth-order valence-electron chi connectivity index (χ4n) is 2.08. The first-order chi connectivity index (χ1) is 9.11. The van der Waals surface area contributed by atoms with E-state index in [1.807, 2.05) is 24.3 Å². The van der Waals surface area contributed by atoms with Gasteiger partial charge in [0.05, 0.1) is 6.04 Å². The number of rotatable bonds is 4. The molecule has 0 aliphatic heterocycles. The largest absolute Gasteiger partial charge is 0.307 e.